The van der Waals surface area contributed by atoms with Gasteiger partial charge in [-0.15, -0.1) is 0 Å². The van der Waals surface area contributed by atoms with Gasteiger partial charge in [-0.1, -0.05) is 6.58 Å². The van der Waals surface area contributed by atoms with E-state index in [9.17, 15) is 9.59 Å². The minimum absolute atomic E-state index is 0.191. The maximum atomic E-state index is 10.9. The average molecular weight is 195 g/mol. The molecule has 76 valence electrons. The summed E-state index contributed by atoms with van der Waals surface area (Å²) in [7, 11) is 0. The molecule has 1 N–H and O–H groups in total. The van der Waals surface area contributed by atoms with Crippen LogP contribution in [-0.2, 0) is 4.79 Å². The molecule has 0 saturated heterocycles. The van der Waals surface area contributed by atoms with Gasteiger partial charge in [0.15, 0.2) is 0 Å². The monoisotopic (exact) mass is 195 g/mol. The van der Waals surface area contributed by atoms with Crippen LogP contribution >= 0.6 is 0 Å². The maximum Gasteiger partial charge on any atom is 0.366 e. The Morgan fingerprint density at radius 1 is 1.43 bits per heavy atom. The van der Waals surface area contributed by atoms with Gasteiger partial charge in [0.1, 0.15) is 0 Å². The fourth-order valence-corrected chi connectivity index (χ4v) is 0.557. The Labute approximate surface area is 82.6 Å². The van der Waals surface area contributed by atoms with E-state index in [2.05, 4.69) is 21.9 Å². The molecule has 0 aliphatic heterocycles. The first-order valence-corrected chi connectivity index (χ1v) is 4.06. The van der Waals surface area contributed by atoms with Crippen LogP contribution in [-0.4, -0.2) is 30.9 Å². The number of carbonyl (C=O) groups excluding carboxylic acids is 2. The van der Waals surface area contributed by atoms with E-state index in [0.29, 0.717) is 5.57 Å². The van der Waals surface area contributed by atoms with Gasteiger partial charge in [-0.2, -0.15) is 0 Å². The van der Waals surface area contributed by atoms with Crippen LogP contribution in [0, 0.1) is 0 Å². The van der Waals surface area contributed by atoms with E-state index in [-0.39, 0.29) is 12.5 Å². The topological polar surface area (TPSA) is 70.9 Å². The number of amides is 3. The van der Waals surface area contributed by atoms with Crippen LogP contribution in [0.4, 0.5) is 4.79 Å². The fraction of sp³-hybridized carbons (Fsp3) is 0.333. The molecule has 0 heterocycles. The Hall–Kier alpha value is -1.78. The zero-order valence-corrected chi connectivity index (χ0v) is 8.28. The number of nitrogens with one attached hydrogen (secondary N) is 1. The number of urea groups is 1. The second kappa shape index (κ2) is 6.71. The van der Waals surface area contributed by atoms with Crippen molar-refractivity contribution in [3.8, 4) is 0 Å². The van der Waals surface area contributed by atoms with E-state index in [0.717, 1.165) is 0 Å². The molecule has 0 spiro atoms. The zero-order chi connectivity index (χ0) is 11.0. The lowest BCUT2D eigenvalue weighted by Crippen LogP contribution is -2.25. The van der Waals surface area contributed by atoms with Crippen molar-refractivity contribution in [1.82, 2.24) is 5.32 Å². The summed E-state index contributed by atoms with van der Waals surface area (Å²) < 4.78 is 0. The Kier molecular flexibility index (Phi) is 5.85. The van der Waals surface area contributed by atoms with Crippen molar-refractivity contribution in [2.75, 3.05) is 6.54 Å². The molecule has 0 atom stereocenters. The largest absolute Gasteiger partial charge is 0.366 e. The number of rotatable bonds is 3. The van der Waals surface area contributed by atoms with E-state index in [1.165, 1.54) is 12.4 Å². The molecular weight excluding hydrogens is 182 g/mol. The molecule has 0 aliphatic rings. The van der Waals surface area contributed by atoms with Crippen LogP contribution in [0.5, 0.6) is 0 Å². The third-order valence-corrected chi connectivity index (χ3v) is 1.18. The Morgan fingerprint density at radius 2 is 2.07 bits per heavy atom. The van der Waals surface area contributed by atoms with Gasteiger partial charge < -0.3 is 5.32 Å². The van der Waals surface area contributed by atoms with Gasteiger partial charge >= 0.3 is 6.03 Å². The summed E-state index contributed by atoms with van der Waals surface area (Å²) in [6.07, 6.45) is 2.64. The van der Waals surface area contributed by atoms with E-state index in [1.807, 2.05) is 0 Å². The fourth-order valence-electron chi connectivity index (χ4n) is 0.557. The van der Waals surface area contributed by atoms with E-state index in [1.54, 1.807) is 13.8 Å². The van der Waals surface area contributed by atoms with Gasteiger partial charge in [0.25, 0.3) is 0 Å². The summed E-state index contributed by atoms with van der Waals surface area (Å²) in [4.78, 5) is 28.4. The summed E-state index contributed by atoms with van der Waals surface area (Å²) in [5.41, 5.74) is 0.413. The molecule has 0 aromatic rings. The summed E-state index contributed by atoms with van der Waals surface area (Å²) in [5, 5.41) is 2.49. The van der Waals surface area contributed by atoms with E-state index >= 15 is 0 Å². The van der Waals surface area contributed by atoms with E-state index < -0.39 is 6.03 Å². The van der Waals surface area contributed by atoms with Crippen molar-refractivity contribution >= 4 is 24.4 Å². The molecule has 0 aliphatic carbocycles. The van der Waals surface area contributed by atoms with Crippen molar-refractivity contribution in [2.45, 2.75) is 13.8 Å². The quantitative estimate of drug-likeness (QED) is 0.538. The van der Waals surface area contributed by atoms with Gasteiger partial charge in [0.2, 0.25) is 5.91 Å². The van der Waals surface area contributed by atoms with Crippen LogP contribution < -0.4 is 5.32 Å². The first-order chi connectivity index (χ1) is 6.57. The number of nitrogens with zero attached hydrogens (tertiary/aromatic N) is 2. The van der Waals surface area contributed by atoms with Gasteiger partial charge in [0, 0.05) is 18.0 Å². The summed E-state index contributed by atoms with van der Waals surface area (Å²) in [6, 6.07) is -0.586. The molecule has 0 saturated carbocycles. The smallest absolute Gasteiger partial charge is 0.347 e. The van der Waals surface area contributed by atoms with Gasteiger partial charge in [0.05, 0.1) is 6.54 Å². The van der Waals surface area contributed by atoms with E-state index in [4.69, 9.17) is 0 Å². The van der Waals surface area contributed by atoms with Crippen LogP contribution in [0.2, 0.25) is 0 Å². The Balaban J connectivity index is 3.79. The molecule has 0 aromatic carbocycles. The van der Waals surface area contributed by atoms with Crippen molar-refractivity contribution in [3.05, 3.63) is 12.2 Å². The highest BCUT2D eigenvalue weighted by molar-refractivity contribution is 5.94. The number of hydrogen-bond donors (Lipinski definition) is 1. The minimum Gasteiger partial charge on any atom is -0.347 e. The molecule has 14 heavy (non-hydrogen) atoms. The molecule has 0 rings (SSSR count). The first-order valence-electron chi connectivity index (χ1n) is 4.06. The predicted octanol–water partition coefficient (Wildman–Crippen LogP) is 0.960. The molecule has 5 heteroatoms. The SMILES string of the molecule is C=C(C)C(=O)NCC=NC(=O)N=CC. The molecule has 5 nitrogen and oxygen atoms in total. The van der Waals surface area contributed by atoms with Crippen molar-refractivity contribution in [2.24, 2.45) is 9.98 Å². The Bertz CT molecular complexity index is 292. The minimum atomic E-state index is -0.586. The maximum absolute atomic E-state index is 10.9. The number of aliphatic imine (C=N–C) groups is 2. The molecule has 0 unspecified atom stereocenters. The summed E-state index contributed by atoms with van der Waals surface area (Å²) >= 11 is 0. The number of hydrogen-bond acceptors (Lipinski definition) is 2. The predicted molar refractivity (Wildman–Crippen MR) is 55.9 cm³/mol. The lowest BCUT2D eigenvalue weighted by molar-refractivity contribution is -0.117. The van der Waals surface area contributed by atoms with Crippen LogP contribution in [0.15, 0.2) is 22.1 Å². The molecule has 3 amide bonds. The van der Waals surface area contributed by atoms with Crippen LogP contribution in [0.3, 0.4) is 0 Å². The highest BCUT2D eigenvalue weighted by Gasteiger charge is 1.97. The third-order valence-electron chi connectivity index (χ3n) is 1.18. The number of carbonyl (C=O) groups is 2. The Morgan fingerprint density at radius 3 is 2.57 bits per heavy atom. The zero-order valence-electron chi connectivity index (χ0n) is 8.28. The lowest BCUT2D eigenvalue weighted by atomic mass is 10.3. The normalized spacial score (nSPS) is 10.7. The second-order valence-electron chi connectivity index (χ2n) is 2.47. The highest BCUT2D eigenvalue weighted by Crippen LogP contribution is 1.84. The summed E-state index contributed by atoms with van der Waals surface area (Å²) in [5.74, 6) is -0.261. The van der Waals surface area contributed by atoms with Gasteiger partial charge in [-0.25, -0.2) is 14.8 Å². The van der Waals surface area contributed by atoms with Crippen molar-refractivity contribution in [1.29, 1.82) is 0 Å². The van der Waals surface area contributed by atoms with Crippen LogP contribution in [0.25, 0.3) is 0 Å². The molecular formula is C9H13N3O2. The van der Waals surface area contributed by atoms with Gasteiger partial charge in [-0.3, -0.25) is 4.79 Å². The van der Waals surface area contributed by atoms with Crippen molar-refractivity contribution in [3.63, 3.8) is 0 Å². The standard InChI is InChI=1S/C9H13N3O2/c1-4-10-9(14)12-6-5-11-8(13)7(2)3/h4,6H,2,5H2,1,3H3,(H,11,13). The average Bonchev–Trinajstić information content (AvgIpc) is 2.12. The van der Waals surface area contributed by atoms with Crippen LogP contribution in [0.1, 0.15) is 13.8 Å². The third kappa shape index (κ3) is 5.82. The first kappa shape index (κ1) is 12.2. The van der Waals surface area contributed by atoms with Gasteiger partial charge in [-0.05, 0) is 13.8 Å². The molecule has 0 bridgehead atoms. The molecule has 0 aromatic heterocycles. The highest BCUT2D eigenvalue weighted by atomic mass is 16.2. The summed E-state index contributed by atoms with van der Waals surface area (Å²) in [6.45, 7) is 6.86. The molecule has 0 fully saturated rings. The van der Waals surface area contributed by atoms with Crippen molar-refractivity contribution < 1.29 is 9.59 Å². The molecule has 0 radical (unpaired) electrons. The second-order valence-corrected chi connectivity index (χ2v) is 2.47. The lowest BCUT2D eigenvalue weighted by Gasteiger charge is -1.98.